The first-order valence-corrected chi connectivity index (χ1v) is 13.8. The summed E-state index contributed by atoms with van der Waals surface area (Å²) in [6.45, 7) is 5.08. The van der Waals surface area contributed by atoms with E-state index in [2.05, 4.69) is 15.3 Å². The molecule has 3 aromatic carbocycles. The zero-order valence-electron chi connectivity index (χ0n) is 21.7. The summed E-state index contributed by atoms with van der Waals surface area (Å²) in [5.41, 5.74) is 2.54. The number of nitrogens with zero attached hydrogens (tertiary/aromatic N) is 3. The van der Waals surface area contributed by atoms with Gasteiger partial charge < -0.3 is 10.1 Å². The van der Waals surface area contributed by atoms with Crippen molar-refractivity contribution in [3.8, 4) is 5.75 Å². The minimum atomic E-state index is -4.42. The number of benzene rings is 3. The van der Waals surface area contributed by atoms with Crippen molar-refractivity contribution in [2.24, 2.45) is 0 Å². The molecule has 4 aromatic rings. The Morgan fingerprint density at radius 2 is 1.79 bits per heavy atom. The maximum atomic E-state index is 15.5. The van der Waals surface area contributed by atoms with Gasteiger partial charge in [0.2, 0.25) is 0 Å². The molecular weight excluding hydrogens is 546 g/mol. The lowest BCUT2D eigenvalue weighted by molar-refractivity contribution is 0.414. The second kappa shape index (κ2) is 11.5. The van der Waals surface area contributed by atoms with Crippen molar-refractivity contribution in [2.45, 2.75) is 38.3 Å². The maximum Gasteiger partial charge on any atom is 0.268 e. The molecule has 4 rings (SSSR count). The summed E-state index contributed by atoms with van der Waals surface area (Å²) in [5, 5.41) is 3.42. The van der Waals surface area contributed by atoms with E-state index in [0.717, 1.165) is 15.9 Å². The van der Waals surface area contributed by atoms with Gasteiger partial charge >= 0.3 is 0 Å². The minimum absolute atomic E-state index is 0.0875. The predicted molar refractivity (Wildman–Crippen MR) is 148 cm³/mol. The van der Waals surface area contributed by atoms with Gasteiger partial charge in [-0.2, -0.15) is 0 Å². The largest absolute Gasteiger partial charge is 0.497 e. The van der Waals surface area contributed by atoms with Crippen LogP contribution in [0.5, 0.6) is 5.75 Å². The molecule has 0 saturated heterocycles. The van der Waals surface area contributed by atoms with E-state index in [4.69, 9.17) is 16.3 Å². The maximum absolute atomic E-state index is 15.5. The van der Waals surface area contributed by atoms with Gasteiger partial charge in [-0.1, -0.05) is 17.7 Å². The number of ether oxygens (including phenoxy) is 1. The molecule has 0 amide bonds. The first kappa shape index (κ1) is 28.3. The van der Waals surface area contributed by atoms with Crippen LogP contribution in [0.1, 0.15) is 35.2 Å². The van der Waals surface area contributed by atoms with Crippen LogP contribution in [-0.4, -0.2) is 25.5 Å². The second-order valence-corrected chi connectivity index (χ2v) is 11.3. The molecule has 39 heavy (non-hydrogen) atoms. The Balaban J connectivity index is 1.71. The van der Waals surface area contributed by atoms with E-state index in [1.165, 1.54) is 42.9 Å². The van der Waals surface area contributed by atoms with Crippen molar-refractivity contribution >= 4 is 33.1 Å². The van der Waals surface area contributed by atoms with Gasteiger partial charge in [-0.15, -0.1) is 0 Å². The summed E-state index contributed by atoms with van der Waals surface area (Å²) in [6, 6.07) is 12.7. The molecule has 0 fully saturated rings. The van der Waals surface area contributed by atoms with Gasteiger partial charge in [0.1, 0.15) is 34.4 Å². The highest BCUT2D eigenvalue weighted by atomic mass is 35.5. The molecular formula is C28H27ClF2N4O3S. The van der Waals surface area contributed by atoms with E-state index >= 15 is 4.39 Å². The summed E-state index contributed by atoms with van der Waals surface area (Å²) in [4.78, 5) is 7.47. The number of halogens is 3. The highest BCUT2D eigenvalue weighted by Crippen LogP contribution is 2.32. The molecule has 204 valence electrons. The number of nitrogens with one attached hydrogen (secondary N) is 1. The van der Waals surface area contributed by atoms with Gasteiger partial charge in [-0.25, -0.2) is 31.5 Å². The van der Waals surface area contributed by atoms with Crippen LogP contribution in [0.15, 0.2) is 72.0 Å². The van der Waals surface area contributed by atoms with Gasteiger partial charge in [0.15, 0.2) is 0 Å². The van der Waals surface area contributed by atoms with Crippen LogP contribution in [0.2, 0.25) is 5.02 Å². The normalized spacial score (nSPS) is 12.2. The SMILES string of the molecule is COc1ccc(CN(c2ccncn2)S(=O)(=O)c2cc(C)c(N[C@@H](C)c3cc(Cl)ccc3F)cc2F)c(C)c1. The van der Waals surface area contributed by atoms with Crippen molar-refractivity contribution in [1.29, 1.82) is 0 Å². The molecule has 7 nitrogen and oxygen atoms in total. The first-order valence-electron chi connectivity index (χ1n) is 11.9. The number of rotatable bonds is 9. The third-order valence-corrected chi connectivity index (χ3v) is 8.33. The second-order valence-electron chi connectivity index (χ2n) is 9.00. The standard InChI is InChI=1S/C28H27ClF2N4O3S/c1-17-11-22(38-4)7-5-20(17)15-35(28-9-10-32-16-33-28)39(36,37)27-12-18(2)26(14-25(27)31)34-19(3)23-13-21(29)6-8-24(23)30/h5-14,16,19,34H,15H2,1-4H3/t19-/m0/s1. The molecule has 11 heteroatoms. The topological polar surface area (TPSA) is 84.4 Å². The Morgan fingerprint density at radius 3 is 2.46 bits per heavy atom. The number of aryl methyl sites for hydroxylation is 2. The average Bonchev–Trinajstić information content (AvgIpc) is 2.91. The summed E-state index contributed by atoms with van der Waals surface area (Å²) in [7, 11) is -2.87. The average molecular weight is 573 g/mol. The quantitative estimate of drug-likeness (QED) is 0.243. The van der Waals surface area contributed by atoms with Crippen LogP contribution in [0.3, 0.4) is 0 Å². The zero-order chi connectivity index (χ0) is 28.3. The molecule has 1 aromatic heterocycles. The van der Waals surface area contributed by atoms with Crippen molar-refractivity contribution in [3.63, 3.8) is 0 Å². The Labute approximate surface area is 231 Å². The van der Waals surface area contributed by atoms with Crippen molar-refractivity contribution < 1.29 is 21.9 Å². The predicted octanol–water partition coefficient (Wildman–Crippen LogP) is 6.60. The molecule has 0 bridgehead atoms. The Bertz CT molecular complexity index is 1600. The number of aromatic nitrogens is 2. The fraction of sp³-hybridized carbons (Fsp3) is 0.214. The number of anilines is 2. The van der Waals surface area contributed by atoms with Crippen LogP contribution >= 0.6 is 11.6 Å². The first-order chi connectivity index (χ1) is 18.5. The summed E-state index contributed by atoms with van der Waals surface area (Å²) >= 11 is 6.01. The van der Waals surface area contributed by atoms with Gasteiger partial charge in [0.25, 0.3) is 10.0 Å². The Kier molecular flexibility index (Phi) is 8.36. The van der Waals surface area contributed by atoms with E-state index in [1.807, 2.05) is 6.92 Å². The molecule has 0 saturated carbocycles. The van der Waals surface area contributed by atoms with Crippen LogP contribution in [0, 0.1) is 25.5 Å². The molecule has 1 N–H and O–H groups in total. The molecule has 0 radical (unpaired) electrons. The van der Waals surface area contributed by atoms with Crippen LogP contribution in [-0.2, 0) is 16.6 Å². The van der Waals surface area contributed by atoms with Gasteiger partial charge in [0.05, 0.1) is 19.7 Å². The van der Waals surface area contributed by atoms with Crippen molar-refractivity contribution in [3.05, 3.63) is 106 Å². The van der Waals surface area contributed by atoms with Crippen LogP contribution < -0.4 is 14.4 Å². The van der Waals surface area contributed by atoms with E-state index in [0.29, 0.717) is 33.1 Å². The molecule has 0 aliphatic rings. The fourth-order valence-corrected chi connectivity index (χ4v) is 5.84. The monoisotopic (exact) mass is 572 g/mol. The zero-order valence-corrected chi connectivity index (χ0v) is 23.3. The summed E-state index contributed by atoms with van der Waals surface area (Å²) < 4.78 is 64.0. The summed E-state index contributed by atoms with van der Waals surface area (Å²) in [6.07, 6.45) is 2.64. The summed E-state index contributed by atoms with van der Waals surface area (Å²) in [5.74, 6) is -0.715. The molecule has 0 spiro atoms. The third kappa shape index (κ3) is 6.12. The number of methoxy groups -OCH3 is 1. The van der Waals surface area contributed by atoms with E-state index in [-0.39, 0.29) is 12.4 Å². The number of hydrogen-bond donors (Lipinski definition) is 1. The molecule has 0 aliphatic carbocycles. The Hall–Kier alpha value is -3.76. The lowest BCUT2D eigenvalue weighted by atomic mass is 10.1. The van der Waals surface area contributed by atoms with Crippen LogP contribution in [0.4, 0.5) is 20.3 Å². The van der Waals surface area contributed by atoms with Gasteiger partial charge in [-0.3, -0.25) is 0 Å². The Morgan fingerprint density at radius 1 is 1.03 bits per heavy atom. The van der Waals surface area contributed by atoms with E-state index < -0.39 is 32.6 Å². The fourth-order valence-electron chi connectivity index (χ4n) is 4.13. The van der Waals surface area contributed by atoms with Crippen molar-refractivity contribution in [2.75, 3.05) is 16.7 Å². The van der Waals surface area contributed by atoms with E-state index in [1.54, 1.807) is 39.2 Å². The lowest BCUT2D eigenvalue weighted by Crippen LogP contribution is -2.32. The van der Waals surface area contributed by atoms with Gasteiger partial charge in [0, 0.05) is 28.5 Å². The highest BCUT2D eigenvalue weighted by molar-refractivity contribution is 7.92. The number of hydrogen-bond acceptors (Lipinski definition) is 6. The molecule has 0 aliphatic heterocycles. The molecule has 1 atom stereocenters. The molecule has 0 unspecified atom stereocenters. The third-order valence-electron chi connectivity index (χ3n) is 6.33. The van der Waals surface area contributed by atoms with Gasteiger partial charge in [-0.05, 0) is 79.9 Å². The minimum Gasteiger partial charge on any atom is -0.497 e. The van der Waals surface area contributed by atoms with E-state index in [9.17, 15) is 12.8 Å². The number of sulfonamides is 1. The van der Waals surface area contributed by atoms with Crippen LogP contribution in [0.25, 0.3) is 0 Å². The smallest absolute Gasteiger partial charge is 0.268 e. The van der Waals surface area contributed by atoms with Crippen molar-refractivity contribution in [1.82, 2.24) is 9.97 Å². The lowest BCUT2D eigenvalue weighted by Gasteiger charge is -2.25. The highest BCUT2D eigenvalue weighted by Gasteiger charge is 2.30. The molecule has 1 heterocycles.